The quantitative estimate of drug-likeness (QED) is 0.541. The normalized spacial score (nSPS) is 23.8. The fraction of sp³-hybridized carbons (Fsp3) is 1.00. The van der Waals surface area contributed by atoms with Crippen molar-refractivity contribution in [2.75, 3.05) is 20.1 Å². The molecular formula is C11H25N. The molecule has 0 amide bonds. The molecule has 0 bridgehead atoms. The summed E-state index contributed by atoms with van der Waals surface area (Å²) in [7, 11) is 2.22. The topological polar surface area (TPSA) is 3.24 Å². The van der Waals surface area contributed by atoms with E-state index in [2.05, 4.69) is 25.8 Å². The molecule has 1 fully saturated rings. The average Bonchev–Trinajstić information content (AvgIpc) is 2.17. The highest BCUT2D eigenvalue weighted by molar-refractivity contribution is 4.74. The van der Waals surface area contributed by atoms with Gasteiger partial charge in [-0.05, 0) is 44.8 Å². The molecule has 0 N–H and O–H groups in total. The Morgan fingerprint density at radius 2 is 1.58 bits per heavy atom. The third-order valence-electron chi connectivity index (χ3n) is 2.56. The highest BCUT2D eigenvalue weighted by atomic mass is 15.1. The first-order chi connectivity index (χ1) is 5.60. The summed E-state index contributed by atoms with van der Waals surface area (Å²) in [5.41, 5.74) is 0.602. The van der Waals surface area contributed by atoms with Crippen LogP contribution < -0.4 is 0 Å². The van der Waals surface area contributed by atoms with Crippen LogP contribution in [0.15, 0.2) is 0 Å². The van der Waals surface area contributed by atoms with Gasteiger partial charge in [0.05, 0.1) is 0 Å². The first kappa shape index (κ1) is 12.0. The predicted octanol–water partition coefficient (Wildman–Crippen LogP) is 3.15. The van der Waals surface area contributed by atoms with E-state index in [4.69, 9.17) is 0 Å². The molecule has 1 saturated heterocycles. The lowest BCUT2D eigenvalue weighted by Gasteiger charge is -2.21. The van der Waals surface area contributed by atoms with Crippen molar-refractivity contribution in [3.63, 3.8) is 0 Å². The SMILES string of the molecule is CC.CN1CCCC(C)(C)CC1. The minimum Gasteiger partial charge on any atom is -0.306 e. The van der Waals surface area contributed by atoms with Gasteiger partial charge in [-0.3, -0.25) is 0 Å². The van der Waals surface area contributed by atoms with Gasteiger partial charge in [0.1, 0.15) is 0 Å². The van der Waals surface area contributed by atoms with Crippen molar-refractivity contribution in [1.29, 1.82) is 0 Å². The largest absolute Gasteiger partial charge is 0.306 e. The van der Waals surface area contributed by atoms with E-state index in [-0.39, 0.29) is 0 Å². The smallest absolute Gasteiger partial charge is 0.00167 e. The van der Waals surface area contributed by atoms with Crippen molar-refractivity contribution in [1.82, 2.24) is 4.90 Å². The Balaban J connectivity index is 0.000000561. The molecule has 0 spiro atoms. The van der Waals surface area contributed by atoms with Crippen LogP contribution in [0, 0.1) is 5.41 Å². The van der Waals surface area contributed by atoms with Gasteiger partial charge in [-0.15, -0.1) is 0 Å². The van der Waals surface area contributed by atoms with Gasteiger partial charge in [-0.1, -0.05) is 27.7 Å². The average molecular weight is 171 g/mol. The fourth-order valence-electron chi connectivity index (χ4n) is 1.56. The van der Waals surface area contributed by atoms with Gasteiger partial charge in [-0.2, -0.15) is 0 Å². The van der Waals surface area contributed by atoms with Gasteiger partial charge < -0.3 is 4.90 Å². The third kappa shape index (κ3) is 4.76. The second-order valence-corrected chi connectivity index (χ2v) is 4.32. The molecule has 1 rings (SSSR count). The fourth-order valence-corrected chi connectivity index (χ4v) is 1.56. The van der Waals surface area contributed by atoms with Crippen molar-refractivity contribution in [3.05, 3.63) is 0 Å². The Hall–Kier alpha value is -0.0400. The maximum absolute atomic E-state index is 2.44. The molecule has 0 saturated carbocycles. The molecule has 12 heavy (non-hydrogen) atoms. The summed E-state index contributed by atoms with van der Waals surface area (Å²) < 4.78 is 0. The van der Waals surface area contributed by atoms with Crippen LogP contribution in [0.3, 0.4) is 0 Å². The lowest BCUT2D eigenvalue weighted by atomic mass is 9.85. The second kappa shape index (κ2) is 5.58. The summed E-state index contributed by atoms with van der Waals surface area (Å²) in [4.78, 5) is 2.44. The number of rotatable bonds is 0. The molecule has 1 aliphatic rings. The zero-order valence-corrected chi connectivity index (χ0v) is 9.48. The highest BCUT2D eigenvalue weighted by Crippen LogP contribution is 2.28. The van der Waals surface area contributed by atoms with Crippen molar-refractivity contribution in [2.24, 2.45) is 5.41 Å². The molecule has 1 heterocycles. The lowest BCUT2D eigenvalue weighted by Crippen LogP contribution is -2.20. The molecule has 0 unspecified atom stereocenters. The van der Waals surface area contributed by atoms with E-state index < -0.39 is 0 Å². The maximum Gasteiger partial charge on any atom is -0.00167 e. The molecule has 74 valence electrons. The van der Waals surface area contributed by atoms with Crippen LogP contribution in [0.1, 0.15) is 47.0 Å². The predicted molar refractivity (Wildman–Crippen MR) is 56.5 cm³/mol. The van der Waals surface area contributed by atoms with Crippen LogP contribution in [0.5, 0.6) is 0 Å². The highest BCUT2D eigenvalue weighted by Gasteiger charge is 2.20. The molecule has 0 aromatic heterocycles. The van der Waals surface area contributed by atoms with Gasteiger partial charge in [0.25, 0.3) is 0 Å². The van der Waals surface area contributed by atoms with Crippen LogP contribution in [-0.2, 0) is 0 Å². The van der Waals surface area contributed by atoms with Gasteiger partial charge in [0.2, 0.25) is 0 Å². The summed E-state index contributed by atoms with van der Waals surface area (Å²) in [5.74, 6) is 0. The van der Waals surface area contributed by atoms with Gasteiger partial charge in [0, 0.05) is 0 Å². The van der Waals surface area contributed by atoms with E-state index in [1.54, 1.807) is 0 Å². The molecule has 0 radical (unpaired) electrons. The summed E-state index contributed by atoms with van der Waals surface area (Å²) in [6.45, 7) is 11.3. The molecule has 0 aromatic carbocycles. The Bertz CT molecular complexity index is 108. The number of hydrogen-bond acceptors (Lipinski definition) is 1. The second-order valence-electron chi connectivity index (χ2n) is 4.32. The van der Waals surface area contributed by atoms with Crippen LogP contribution in [0.4, 0.5) is 0 Å². The zero-order chi connectivity index (χ0) is 9.61. The van der Waals surface area contributed by atoms with Crippen molar-refractivity contribution < 1.29 is 0 Å². The number of likely N-dealkylation sites (tertiary alicyclic amines) is 1. The van der Waals surface area contributed by atoms with Crippen molar-refractivity contribution in [3.8, 4) is 0 Å². The van der Waals surface area contributed by atoms with Crippen LogP contribution in [0.25, 0.3) is 0 Å². The first-order valence-corrected chi connectivity index (χ1v) is 5.29. The molecular weight excluding hydrogens is 146 g/mol. The van der Waals surface area contributed by atoms with E-state index in [0.717, 1.165) is 0 Å². The van der Waals surface area contributed by atoms with E-state index in [1.165, 1.54) is 32.4 Å². The first-order valence-electron chi connectivity index (χ1n) is 5.29. The molecule has 1 nitrogen and oxygen atoms in total. The molecule has 1 heteroatoms. The lowest BCUT2D eigenvalue weighted by molar-refractivity contribution is 0.296. The Morgan fingerprint density at radius 1 is 1.00 bits per heavy atom. The Morgan fingerprint density at radius 3 is 2.17 bits per heavy atom. The van der Waals surface area contributed by atoms with E-state index in [1.807, 2.05) is 13.8 Å². The number of nitrogens with zero attached hydrogens (tertiary/aromatic N) is 1. The molecule has 0 aliphatic carbocycles. The standard InChI is InChI=1S/C9H19N.C2H6/c1-9(2)5-4-7-10(3)8-6-9;1-2/h4-8H2,1-3H3;1-2H3. The van der Waals surface area contributed by atoms with Crippen LogP contribution in [0.2, 0.25) is 0 Å². The van der Waals surface area contributed by atoms with Crippen LogP contribution >= 0.6 is 0 Å². The van der Waals surface area contributed by atoms with Gasteiger partial charge in [-0.25, -0.2) is 0 Å². The molecule has 1 aliphatic heterocycles. The molecule has 0 aromatic rings. The summed E-state index contributed by atoms with van der Waals surface area (Å²) in [6.07, 6.45) is 4.14. The summed E-state index contributed by atoms with van der Waals surface area (Å²) in [6, 6.07) is 0. The number of hydrogen-bond donors (Lipinski definition) is 0. The monoisotopic (exact) mass is 171 g/mol. The summed E-state index contributed by atoms with van der Waals surface area (Å²) >= 11 is 0. The van der Waals surface area contributed by atoms with Crippen molar-refractivity contribution in [2.45, 2.75) is 47.0 Å². The van der Waals surface area contributed by atoms with Gasteiger partial charge >= 0.3 is 0 Å². The van der Waals surface area contributed by atoms with Gasteiger partial charge in [0.15, 0.2) is 0 Å². The zero-order valence-electron chi connectivity index (χ0n) is 9.48. The third-order valence-corrected chi connectivity index (χ3v) is 2.56. The van der Waals surface area contributed by atoms with Crippen LogP contribution in [-0.4, -0.2) is 25.0 Å². The minimum absolute atomic E-state index is 0.602. The van der Waals surface area contributed by atoms with E-state index >= 15 is 0 Å². The maximum atomic E-state index is 2.44. The Kier molecular flexibility index (Phi) is 5.56. The molecule has 0 atom stereocenters. The van der Waals surface area contributed by atoms with E-state index in [9.17, 15) is 0 Å². The van der Waals surface area contributed by atoms with E-state index in [0.29, 0.717) is 5.41 Å². The summed E-state index contributed by atoms with van der Waals surface area (Å²) in [5, 5.41) is 0. The minimum atomic E-state index is 0.602. The van der Waals surface area contributed by atoms with Crippen molar-refractivity contribution >= 4 is 0 Å². The Labute approximate surface area is 78.1 Å².